The van der Waals surface area contributed by atoms with Gasteiger partial charge in [0.05, 0.1) is 24.0 Å². The molecule has 0 radical (unpaired) electrons. The lowest BCUT2D eigenvalue weighted by Crippen LogP contribution is -2.33. The van der Waals surface area contributed by atoms with E-state index in [2.05, 4.69) is 16.5 Å². The minimum absolute atomic E-state index is 0.254. The summed E-state index contributed by atoms with van der Waals surface area (Å²) in [5.41, 5.74) is 1.90. The van der Waals surface area contributed by atoms with Crippen LogP contribution in [0, 0.1) is 11.2 Å². The molecule has 1 saturated carbocycles. The van der Waals surface area contributed by atoms with Crippen molar-refractivity contribution < 1.29 is 9.13 Å². The summed E-state index contributed by atoms with van der Waals surface area (Å²) in [5.74, 6) is 1.01. The zero-order valence-electron chi connectivity index (χ0n) is 12.5. The largest absolute Gasteiger partial charge is 0.494 e. The number of fused-ring (bicyclic) bond motifs is 1. The lowest BCUT2D eigenvalue weighted by atomic mass is 9.67. The number of benzene rings is 1. The molecule has 1 aliphatic carbocycles. The summed E-state index contributed by atoms with van der Waals surface area (Å²) in [5, 5.41) is 0. The van der Waals surface area contributed by atoms with Gasteiger partial charge in [-0.05, 0) is 24.7 Å². The van der Waals surface area contributed by atoms with Gasteiger partial charge in [-0.1, -0.05) is 13.3 Å². The number of methoxy groups -OCH3 is 1. The summed E-state index contributed by atoms with van der Waals surface area (Å²) < 4.78 is 21.1. The molecule has 1 aromatic carbocycles. The van der Waals surface area contributed by atoms with E-state index in [1.165, 1.54) is 32.4 Å². The van der Waals surface area contributed by atoms with Gasteiger partial charge in [0.2, 0.25) is 0 Å². The monoisotopic (exact) mass is 310 g/mol. The molecular formula is C16H20ClFN2O. The van der Waals surface area contributed by atoms with Crippen LogP contribution in [0.4, 0.5) is 4.39 Å². The maximum Gasteiger partial charge on any atom is 0.167 e. The number of alkyl halides is 1. The van der Waals surface area contributed by atoms with Crippen LogP contribution in [-0.2, 0) is 12.4 Å². The van der Waals surface area contributed by atoms with E-state index in [1.54, 1.807) is 6.07 Å². The molecule has 0 spiro atoms. The van der Waals surface area contributed by atoms with Crippen LogP contribution < -0.4 is 4.74 Å². The van der Waals surface area contributed by atoms with E-state index >= 15 is 0 Å². The normalized spacial score (nSPS) is 17.0. The topological polar surface area (TPSA) is 27.1 Å². The lowest BCUT2D eigenvalue weighted by molar-refractivity contribution is 0.101. The Kier molecular flexibility index (Phi) is 3.82. The number of aromatic nitrogens is 2. The van der Waals surface area contributed by atoms with E-state index in [4.69, 9.17) is 16.3 Å². The molecule has 21 heavy (non-hydrogen) atoms. The Morgan fingerprint density at radius 3 is 2.71 bits per heavy atom. The van der Waals surface area contributed by atoms with Crippen LogP contribution in [0.3, 0.4) is 0 Å². The molecule has 3 rings (SSSR count). The van der Waals surface area contributed by atoms with Crippen molar-refractivity contribution in [1.82, 2.24) is 9.55 Å². The minimum atomic E-state index is -0.385. The summed E-state index contributed by atoms with van der Waals surface area (Å²) >= 11 is 6.04. The third-order valence-corrected chi connectivity index (χ3v) is 5.12. The van der Waals surface area contributed by atoms with Crippen LogP contribution in [0.25, 0.3) is 11.0 Å². The van der Waals surface area contributed by atoms with Gasteiger partial charge in [0.1, 0.15) is 5.82 Å². The summed E-state index contributed by atoms with van der Waals surface area (Å²) in [6.45, 7) is 3.13. The highest BCUT2D eigenvalue weighted by atomic mass is 35.5. The van der Waals surface area contributed by atoms with E-state index in [0.717, 1.165) is 24.3 Å². The molecule has 2 aromatic rings. The second-order valence-electron chi connectivity index (χ2n) is 5.93. The molecule has 1 aliphatic rings. The first-order chi connectivity index (χ1) is 10.1. The van der Waals surface area contributed by atoms with Crippen LogP contribution in [0.1, 0.15) is 38.4 Å². The molecule has 0 bridgehead atoms. The molecule has 114 valence electrons. The van der Waals surface area contributed by atoms with Crippen LogP contribution in [0.15, 0.2) is 12.1 Å². The number of halogens is 2. The number of hydrogen-bond acceptors (Lipinski definition) is 2. The van der Waals surface area contributed by atoms with Gasteiger partial charge in [0, 0.05) is 18.7 Å². The fraction of sp³-hybridized carbons (Fsp3) is 0.562. The van der Waals surface area contributed by atoms with Crippen molar-refractivity contribution in [3.8, 4) is 5.75 Å². The third-order valence-electron chi connectivity index (χ3n) is 4.88. The molecule has 0 saturated heterocycles. The summed E-state index contributed by atoms with van der Waals surface area (Å²) in [7, 11) is 1.48. The average molecular weight is 311 g/mol. The Balaban J connectivity index is 2.10. The van der Waals surface area contributed by atoms with Gasteiger partial charge < -0.3 is 9.30 Å². The highest BCUT2D eigenvalue weighted by Gasteiger charge is 2.36. The number of hydrogen-bond donors (Lipinski definition) is 0. The van der Waals surface area contributed by atoms with Crippen LogP contribution in [0.2, 0.25) is 0 Å². The van der Waals surface area contributed by atoms with Crippen molar-refractivity contribution in [1.29, 1.82) is 0 Å². The second kappa shape index (κ2) is 5.48. The van der Waals surface area contributed by atoms with Crippen molar-refractivity contribution in [2.45, 2.75) is 45.0 Å². The Morgan fingerprint density at radius 1 is 1.43 bits per heavy atom. The van der Waals surface area contributed by atoms with Gasteiger partial charge in [-0.3, -0.25) is 0 Å². The predicted octanol–water partition coefficient (Wildman–Crippen LogP) is 4.50. The quantitative estimate of drug-likeness (QED) is 0.760. The molecule has 0 atom stereocenters. The zero-order chi connectivity index (χ0) is 15.0. The van der Waals surface area contributed by atoms with Crippen molar-refractivity contribution in [2.24, 2.45) is 5.41 Å². The maximum absolute atomic E-state index is 13.8. The maximum atomic E-state index is 13.8. The van der Waals surface area contributed by atoms with E-state index in [0.29, 0.717) is 16.8 Å². The molecule has 5 heteroatoms. The number of imidazole rings is 1. The standard InChI is InChI=1S/C16H20ClFN2O/c1-3-16(5-4-6-16)10-20-13-8-14(21-2)11(18)7-12(13)19-15(20)9-17/h7-8H,3-6,9-10H2,1-2H3. The second-order valence-corrected chi connectivity index (χ2v) is 6.20. The van der Waals surface area contributed by atoms with Gasteiger partial charge in [0.15, 0.2) is 11.6 Å². The van der Waals surface area contributed by atoms with Crippen LogP contribution >= 0.6 is 11.6 Å². The predicted molar refractivity (Wildman–Crippen MR) is 82.4 cm³/mol. The minimum Gasteiger partial charge on any atom is -0.494 e. The third kappa shape index (κ3) is 2.39. The van der Waals surface area contributed by atoms with Gasteiger partial charge in [0.25, 0.3) is 0 Å². The Hall–Kier alpha value is -1.29. The first-order valence-corrected chi connectivity index (χ1v) is 7.94. The van der Waals surface area contributed by atoms with Gasteiger partial charge >= 0.3 is 0 Å². The zero-order valence-corrected chi connectivity index (χ0v) is 13.2. The fourth-order valence-electron chi connectivity index (χ4n) is 3.25. The van der Waals surface area contributed by atoms with Crippen molar-refractivity contribution in [2.75, 3.05) is 7.11 Å². The molecule has 1 heterocycles. The van der Waals surface area contributed by atoms with Gasteiger partial charge in [-0.15, -0.1) is 11.6 Å². The highest BCUT2D eigenvalue weighted by Crippen LogP contribution is 2.46. The molecule has 0 unspecified atom stereocenters. The van der Waals surface area contributed by atoms with Crippen molar-refractivity contribution in [3.05, 3.63) is 23.8 Å². The smallest absolute Gasteiger partial charge is 0.167 e. The SMILES string of the molecule is CCC1(Cn2c(CCl)nc3cc(F)c(OC)cc32)CCC1. The van der Waals surface area contributed by atoms with Crippen molar-refractivity contribution >= 4 is 22.6 Å². The number of rotatable bonds is 5. The van der Waals surface area contributed by atoms with Crippen molar-refractivity contribution in [3.63, 3.8) is 0 Å². The lowest BCUT2D eigenvalue weighted by Gasteiger charge is -2.42. The van der Waals surface area contributed by atoms with E-state index in [-0.39, 0.29) is 11.6 Å². The Morgan fingerprint density at radius 2 is 2.19 bits per heavy atom. The Bertz CT molecular complexity index is 658. The van der Waals surface area contributed by atoms with E-state index in [1.807, 2.05) is 0 Å². The summed E-state index contributed by atoms with van der Waals surface area (Å²) in [6.07, 6.45) is 4.91. The van der Waals surface area contributed by atoms with E-state index in [9.17, 15) is 4.39 Å². The molecule has 3 nitrogen and oxygen atoms in total. The highest BCUT2D eigenvalue weighted by molar-refractivity contribution is 6.16. The first-order valence-electron chi connectivity index (χ1n) is 7.41. The fourth-order valence-corrected chi connectivity index (χ4v) is 3.45. The summed E-state index contributed by atoms with van der Waals surface area (Å²) in [6, 6.07) is 3.16. The number of ether oxygens (including phenoxy) is 1. The molecule has 1 aromatic heterocycles. The molecule has 0 N–H and O–H groups in total. The molecule has 1 fully saturated rings. The van der Waals surface area contributed by atoms with Gasteiger partial charge in [-0.25, -0.2) is 9.37 Å². The molecular weight excluding hydrogens is 291 g/mol. The summed E-state index contributed by atoms with van der Waals surface area (Å²) in [4.78, 5) is 4.48. The first kappa shape index (κ1) is 14.6. The molecule has 0 aliphatic heterocycles. The number of nitrogens with zero attached hydrogens (tertiary/aromatic N) is 2. The van der Waals surface area contributed by atoms with Crippen LogP contribution in [0.5, 0.6) is 5.75 Å². The van der Waals surface area contributed by atoms with Gasteiger partial charge in [-0.2, -0.15) is 0 Å². The van der Waals surface area contributed by atoms with E-state index < -0.39 is 0 Å². The Labute approximate surface area is 129 Å². The van der Waals surface area contributed by atoms with Crippen LogP contribution in [-0.4, -0.2) is 16.7 Å². The average Bonchev–Trinajstić information content (AvgIpc) is 2.78. The molecule has 0 amide bonds.